The second kappa shape index (κ2) is 10.9. The van der Waals surface area contributed by atoms with Gasteiger partial charge in [-0.25, -0.2) is 9.59 Å². The summed E-state index contributed by atoms with van der Waals surface area (Å²) in [6.07, 6.45) is 1.05. The first-order valence-corrected chi connectivity index (χ1v) is 10.4. The minimum atomic E-state index is -1.20. The molecule has 1 heterocycles. The lowest BCUT2D eigenvalue weighted by Gasteiger charge is -2.27. The fraction of sp³-hybridized carbons (Fsp3) is 0.545. The van der Waals surface area contributed by atoms with Crippen LogP contribution in [0.25, 0.3) is 0 Å². The Balaban J connectivity index is 1.82. The van der Waals surface area contributed by atoms with Crippen LogP contribution in [0.3, 0.4) is 0 Å². The Kier molecular flexibility index (Phi) is 8.59. The molecule has 1 amide bonds. The minimum absolute atomic E-state index is 0.0809. The highest BCUT2D eigenvalue weighted by Crippen LogP contribution is 2.30. The van der Waals surface area contributed by atoms with Crippen molar-refractivity contribution in [3.8, 4) is 5.75 Å². The summed E-state index contributed by atoms with van der Waals surface area (Å²) in [5.74, 6) is -0.148. The van der Waals surface area contributed by atoms with Crippen LogP contribution < -0.4 is 4.74 Å². The minimum Gasteiger partial charge on any atom is -0.493 e. The molecule has 0 spiro atoms. The molecule has 1 aliphatic rings. The fourth-order valence-corrected chi connectivity index (χ4v) is 3.22. The lowest BCUT2D eigenvalue weighted by atomic mass is 10.1. The zero-order chi connectivity index (χ0) is 23.9. The maximum atomic E-state index is 12.4. The standard InChI is InChI=1S/C22H30N2O8/c1-5-19(25)16-14-15(9-10-17(16)24(28)29)30-12-7-13-31-20(26)18-8-6-11-23(18)21(27)32-22(2,3)4/h5,9-10,14,18-19,25H,1,6-8,11-13H2,2-4H3/t18-,19?/m0/s1. The predicted octanol–water partition coefficient (Wildman–Crippen LogP) is 3.53. The molecule has 0 radical (unpaired) electrons. The molecule has 1 saturated heterocycles. The Labute approximate surface area is 186 Å². The predicted molar refractivity (Wildman–Crippen MR) is 115 cm³/mol. The van der Waals surface area contributed by atoms with Crippen LogP contribution in [0.2, 0.25) is 0 Å². The molecular weight excluding hydrogens is 420 g/mol. The molecule has 2 rings (SSSR count). The number of esters is 1. The van der Waals surface area contributed by atoms with E-state index in [1.165, 1.54) is 29.2 Å². The van der Waals surface area contributed by atoms with Crippen LogP contribution in [0.1, 0.15) is 51.7 Å². The Bertz CT molecular complexity index is 849. The van der Waals surface area contributed by atoms with E-state index >= 15 is 0 Å². The molecule has 0 aromatic heterocycles. The molecule has 0 saturated carbocycles. The lowest BCUT2D eigenvalue weighted by Crippen LogP contribution is -2.44. The van der Waals surface area contributed by atoms with Crippen molar-refractivity contribution < 1.29 is 33.8 Å². The first-order chi connectivity index (χ1) is 15.0. The number of ether oxygens (including phenoxy) is 3. The molecule has 10 heteroatoms. The monoisotopic (exact) mass is 450 g/mol. The van der Waals surface area contributed by atoms with Crippen LogP contribution in [0.15, 0.2) is 30.9 Å². The van der Waals surface area contributed by atoms with Crippen molar-refractivity contribution in [1.29, 1.82) is 0 Å². The van der Waals surface area contributed by atoms with Gasteiger partial charge in [0.05, 0.1) is 23.7 Å². The van der Waals surface area contributed by atoms with E-state index in [0.29, 0.717) is 31.6 Å². The number of nitro groups is 1. The maximum absolute atomic E-state index is 12.4. The summed E-state index contributed by atoms with van der Waals surface area (Å²) < 4.78 is 16.2. The lowest BCUT2D eigenvalue weighted by molar-refractivity contribution is -0.386. The molecule has 1 aliphatic heterocycles. The van der Waals surface area contributed by atoms with E-state index in [4.69, 9.17) is 14.2 Å². The van der Waals surface area contributed by atoms with Gasteiger partial charge >= 0.3 is 12.1 Å². The molecule has 32 heavy (non-hydrogen) atoms. The molecule has 0 bridgehead atoms. The van der Waals surface area contributed by atoms with E-state index in [-0.39, 0.29) is 24.5 Å². The first kappa shape index (κ1) is 25.1. The Morgan fingerprint density at radius 2 is 2.09 bits per heavy atom. The molecule has 2 atom stereocenters. The summed E-state index contributed by atoms with van der Waals surface area (Å²) in [5.41, 5.74) is -0.799. The van der Waals surface area contributed by atoms with Gasteiger partial charge in [-0.15, -0.1) is 6.58 Å². The molecule has 1 aromatic carbocycles. The van der Waals surface area contributed by atoms with Crippen LogP contribution in [0.5, 0.6) is 5.75 Å². The molecule has 1 unspecified atom stereocenters. The summed E-state index contributed by atoms with van der Waals surface area (Å²) >= 11 is 0. The van der Waals surface area contributed by atoms with Crippen molar-refractivity contribution >= 4 is 17.7 Å². The van der Waals surface area contributed by atoms with Crippen molar-refractivity contribution in [3.05, 3.63) is 46.5 Å². The van der Waals surface area contributed by atoms with E-state index < -0.39 is 34.7 Å². The Morgan fingerprint density at radius 3 is 2.72 bits per heavy atom. The van der Waals surface area contributed by atoms with Crippen LogP contribution in [-0.2, 0) is 14.3 Å². The summed E-state index contributed by atoms with van der Waals surface area (Å²) in [4.78, 5) is 36.6. The van der Waals surface area contributed by atoms with Crippen LogP contribution in [0.4, 0.5) is 10.5 Å². The van der Waals surface area contributed by atoms with Crippen molar-refractivity contribution in [2.24, 2.45) is 0 Å². The SMILES string of the molecule is C=CC(O)c1cc(OCCCOC(=O)[C@@H]2CCCN2C(=O)OC(C)(C)C)ccc1[N+](=O)[O-]. The van der Waals surface area contributed by atoms with Gasteiger partial charge in [0.15, 0.2) is 0 Å². The molecule has 0 aliphatic carbocycles. The van der Waals surface area contributed by atoms with Crippen molar-refractivity contribution in [2.45, 2.75) is 57.8 Å². The van der Waals surface area contributed by atoms with Crippen LogP contribution in [0, 0.1) is 10.1 Å². The smallest absolute Gasteiger partial charge is 0.411 e. The van der Waals surface area contributed by atoms with Gasteiger partial charge in [0.1, 0.15) is 23.5 Å². The summed E-state index contributed by atoms with van der Waals surface area (Å²) in [5, 5.41) is 21.0. The summed E-state index contributed by atoms with van der Waals surface area (Å²) in [7, 11) is 0. The quantitative estimate of drug-likeness (QED) is 0.199. The Hall–Kier alpha value is -3.14. The maximum Gasteiger partial charge on any atom is 0.411 e. The fourth-order valence-electron chi connectivity index (χ4n) is 3.22. The Morgan fingerprint density at radius 1 is 1.38 bits per heavy atom. The van der Waals surface area contributed by atoms with Gasteiger partial charge in [-0.3, -0.25) is 15.0 Å². The number of aliphatic hydroxyl groups excluding tert-OH is 1. The normalized spacial score (nSPS) is 16.9. The molecule has 1 aromatic rings. The van der Waals surface area contributed by atoms with Gasteiger partial charge in [-0.05, 0) is 45.7 Å². The molecule has 10 nitrogen and oxygen atoms in total. The first-order valence-electron chi connectivity index (χ1n) is 10.4. The van der Waals surface area contributed by atoms with Gasteiger partial charge in [-0.1, -0.05) is 6.08 Å². The second-order valence-electron chi connectivity index (χ2n) is 8.36. The van der Waals surface area contributed by atoms with Crippen LogP contribution >= 0.6 is 0 Å². The van der Waals surface area contributed by atoms with Gasteiger partial charge < -0.3 is 19.3 Å². The number of aliphatic hydroxyl groups is 1. The number of amides is 1. The zero-order valence-corrected chi connectivity index (χ0v) is 18.6. The number of hydrogen-bond acceptors (Lipinski definition) is 8. The van der Waals surface area contributed by atoms with E-state index in [1.807, 2.05) is 0 Å². The number of carbonyl (C=O) groups excluding carboxylic acids is 2. The molecule has 176 valence electrons. The van der Waals surface area contributed by atoms with Gasteiger partial charge in [0.25, 0.3) is 5.69 Å². The number of nitrogens with zero attached hydrogens (tertiary/aromatic N) is 2. The third kappa shape index (κ3) is 6.94. The second-order valence-corrected chi connectivity index (χ2v) is 8.36. The van der Waals surface area contributed by atoms with Gasteiger partial charge in [0, 0.05) is 19.0 Å². The number of hydrogen-bond donors (Lipinski definition) is 1. The van der Waals surface area contributed by atoms with Crippen molar-refractivity contribution in [1.82, 2.24) is 4.90 Å². The third-order valence-electron chi connectivity index (χ3n) is 4.69. The summed E-state index contributed by atoms with van der Waals surface area (Å²) in [6.45, 7) is 9.46. The van der Waals surface area contributed by atoms with E-state index in [2.05, 4.69) is 6.58 Å². The highest BCUT2D eigenvalue weighted by Gasteiger charge is 2.37. The topological polar surface area (TPSA) is 128 Å². The molecule has 1 fully saturated rings. The average Bonchev–Trinajstić information content (AvgIpc) is 3.21. The number of rotatable bonds is 9. The molecular formula is C22H30N2O8. The third-order valence-corrected chi connectivity index (χ3v) is 4.69. The summed E-state index contributed by atoms with van der Waals surface area (Å²) in [6, 6.07) is 3.40. The zero-order valence-electron chi connectivity index (χ0n) is 18.6. The highest BCUT2D eigenvalue weighted by molar-refractivity contribution is 5.82. The van der Waals surface area contributed by atoms with Gasteiger partial charge in [-0.2, -0.15) is 0 Å². The van der Waals surface area contributed by atoms with Gasteiger partial charge in [0.2, 0.25) is 0 Å². The number of likely N-dealkylation sites (tertiary alicyclic amines) is 1. The van der Waals surface area contributed by atoms with Crippen molar-refractivity contribution in [3.63, 3.8) is 0 Å². The van der Waals surface area contributed by atoms with E-state index in [9.17, 15) is 24.8 Å². The average molecular weight is 450 g/mol. The molecule has 1 N–H and O–H groups in total. The van der Waals surface area contributed by atoms with Crippen LogP contribution in [-0.4, -0.2) is 58.4 Å². The van der Waals surface area contributed by atoms with E-state index in [1.54, 1.807) is 20.8 Å². The largest absolute Gasteiger partial charge is 0.493 e. The number of benzene rings is 1. The highest BCUT2D eigenvalue weighted by atomic mass is 16.6. The number of nitro benzene ring substituents is 1. The van der Waals surface area contributed by atoms with E-state index in [0.717, 1.165) is 0 Å². The number of carbonyl (C=O) groups is 2. The van der Waals surface area contributed by atoms with Crippen molar-refractivity contribution in [2.75, 3.05) is 19.8 Å².